The third-order valence-electron chi connectivity index (χ3n) is 4.25. The summed E-state index contributed by atoms with van der Waals surface area (Å²) in [4.78, 5) is 4.15. The van der Waals surface area contributed by atoms with Gasteiger partial charge in [-0.15, -0.1) is 0 Å². The SMILES string of the molecule is CC(NCC(O)COc1ccccc1)c1ccc(-c2cccnc2)cc1. The fourth-order valence-corrected chi connectivity index (χ4v) is 2.70. The highest BCUT2D eigenvalue weighted by atomic mass is 16.5. The predicted octanol–water partition coefficient (Wildman–Crippen LogP) is 3.84. The second-order valence-corrected chi connectivity index (χ2v) is 6.27. The van der Waals surface area contributed by atoms with Crippen LogP contribution in [-0.4, -0.2) is 29.3 Å². The zero-order valence-electron chi connectivity index (χ0n) is 14.9. The number of para-hydroxylation sites is 1. The highest BCUT2D eigenvalue weighted by Gasteiger charge is 2.10. The van der Waals surface area contributed by atoms with E-state index in [4.69, 9.17) is 4.74 Å². The standard InChI is InChI=1S/C22H24N2O2/c1-17(24-15-21(25)16-26-22-7-3-2-4-8-22)18-9-11-19(12-10-18)20-6-5-13-23-14-20/h2-14,17,21,24-25H,15-16H2,1H3. The molecule has 3 rings (SSSR count). The van der Waals surface area contributed by atoms with Gasteiger partial charge >= 0.3 is 0 Å². The Morgan fingerprint density at radius 1 is 0.962 bits per heavy atom. The molecule has 0 amide bonds. The summed E-state index contributed by atoms with van der Waals surface area (Å²) < 4.78 is 5.57. The van der Waals surface area contributed by atoms with E-state index < -0.39 is 6.10 Å². The summed E-state index contributed by atoms with van der Waals surface area (Å²) in [5.74, 6) is 0.769. The summed E-state index contributed by atoms with van der Waals surface area (Å²) in [5.41, 5.74) is 3.42. The number of aromatic nitrogens is 1. The smallest absolute Gasteiger partial charge is 0.119 e. The van der Waals surface area contributed by atoms with Gasteiger partial charge < -0.3 is 15.2 Å². The molecule has 0 fully saturated rings. The van der Waals surface area contributed by atoms with E-state index in [9.17, 15) is 5.11 Å². The van der Waals surface area contributed by atoms with Crippen molar-refractivity contribution in [1.82, 2.24) is 10.3 Å². The Labute approximate surface area is 154 Å². The zero-order chi connectivity index (χ0) is 18.2. The van der Waals surface area contributed by atoms with E-state index in [0.717, 1.165) is 16.9 Å². The fourth-order valence-electron chi connectivity index (χ4n) is 2.70. The number of rotatable bonds is 8. The molecule has 0 radical (unpaired) electrons. The number of ether oxygens (including phenoxy) is 1. The molecule has 3 aromatic rings. The van der Waals surface area contributed by atoms with Crippen molar-refractivity contribution in [3.63, 3.8) is 0 Å². The third kappa shape index (κ3) is 5.15. The lowest BCUT2D eigenvalue weighted by atomic mass is 10.0. The van der Waals surface area contributed by atoms with Gasteiger partial charge in [0.25, 0.3) is 0 Å². The number of aliphatic hydroxyl groups excluding tert-OH is 1. The van der Waals surface area contributed by atoms with Crippen LogP contribution in [0, 0.1) is 0 Å². The van der Waals surface area contributed by atoms with Crippen molar-refractivity contribution in [2.75, 3.05) is 13.2 Å². The Hall–Kier alpha value is -2.69. The Balaban J connectivity index is 1.47. The molecule has 26 heavy (non-hydrogen) atoms. The first kappa shape index (κ1) is 18.1. The molecule has 0 aliphatic rings. The average molecular weight is 348 g/mol. The van der Waals surface area contributed by atoms with E-state index in [1.54, 1.807) is 6.20 Å². The van der Waals surface area contributed by atoms with Crippen molar-refractivity contribution >= 4 is 0 Å². The zero-order valence-corrected chi connectivity index (χ0v) is 14.9. The van der Waals surface area contributed by atoms with Crippen LogP contribution in [0.25, 0.3) is 11.1 Å². The minimum Gasteiger partial charge on any atom is -0.491 e. The normalized spacial score (nSPS) is 13.2. The van der Waals surface area contributed by atoms with Crippen LogP contribution < -0.4 is 10.1 Å². The number of nitrogens with one attached hydrogen (secondary N) is 1. The van der Waals surface area contributed by atoms with E-state index in [-0.39, 0.29) is 12.6 Å². The number of hydrogen-bond acceptors (Lipinski definition) is 4. The molecule has 4 nitrogen and oxygen atoms in total. The van der Waals surface area contributed by atoms with Crippen LogP contribution in [0.5, 0.6) is 5.75 Å². The van der Waals surface area contributed by atoms with Crippen LogP contribution in [0.4, 0.5) is 0 Å². The second kappa shape index (κ2) is 9.13. The van der Waals surface area contributed by atoms with E-state index in [1.807, 2.05) is 48.7 Å². The van der Waals surface area contributed by atoms with Gasteiger partial charge in [0.15, 0.2) is 0 Å². The van der Waals surface area contributed by atoms with Gasteiger partial charge in [0.1, 0.15) is 18.5 Å². The molecule has 2 atom stereocenters. The highest BCUT2D eigenvalue weighted by molar-refractivity contribution is 5.62. The van der Waals surface area contributed by atoms with Crippen molar-refractivity contribution in [2.45, 2.75) is 19.1 Å². The molecule has 2 N–H and O–H groups in total. The number of pyridine rings is 1. The first-order chi connectivity index (χ1) is 12.7. The maximum Gasteiger partial charge on any atom is 0.119 e. The van der Waals surface area contributed by atoms with Crippen molar-refractivity contribution in [3.05, 3.63) is 84.7 Å². The van der Waals surface area contributed by atoms with Crippen molar-refractivity contribution in [3.8, 4) is 16.9 Å². The summed E-state index contributed by atoms with van der Waals surface area (Å²) in [5, 5.41) is 13.5. The third-order valence-corrected chi connectivity index (χ3v) is 4.25. The largest absolute Gasteiger partial charge is 0.491 e. The van der Waals surface area contributed by atoms with E-state index in [2.05, 4.69) is 41.5 Å². The van der Waals surface area contributed by atoms with E-state index in [0.29, 0.717) is 6.54 Å². The minimum absolute atomic E-state index is 0.143. The molecule has 0 bridgehead atoms. The Morgan fingerprint density at radius 3 is 2.42 bits per heavy atom. The molecule has 0 aliphatic carbocycles. The monoisotopic (exact) mass is 348 g/mol. The van der Waals surface area contributed by atoms with Crippen LogP contribution in [0.3, 0.4) is 0 Å². The van der Waals surface area contributed by atoms with Gasteiger partial charge in [-0.25, -0.2) is 0 Å². The van der Waals surface area contributed by atoms with Gasteiger partial charge in [0, 0.05) is 25.0 Å². The van der Waals surface area contributed by atoms with Crippen LogP contribution in [0.1, 0.15) is 18.5 Å². The summed E-state index contributed by atoms with van der Waals surface area (Å²) in [6.45, 7) is 2.83. The summed E-state index contributed by atoms with van der Waals surface area (Å²) in [6, 6.07) is 22.1. The van der Waals surface area contributed by atoms with Crippen LogP contribution >= 0.6 is 0 Å². The fraction of sp³-hybridized carbons (Fsp3) is 0.227. The van der Waals surface area contributed by atoms with Gasteiger partial charge in [-0.1, -0.05) is 48.5 Å². The number of aliphatic hydroxyl groups is 1. The molecule has 0 aliphatic heterocycles. The summed E-state index contributed by atoms with van der Waals surface area (Å²) in [7, 11) is 0. The topological polar surface area (TPSA) is 54.4 Å². The Morgan fingerprint density at radius 2 is 1.73 bits per heavy atom. The van der Waals surface area contributed by atoms with Crippen molar-refractivity contribution in [2.24, 2.45) is 0 Å². The van der Waals surface area contributed by atoms with Crippen LogP contribution in [0.2, 0.25) is 0 Å². The summed E-state index contributed by atoms with van der Waals surface area (Å²) >= 11 is 0. The molecular weight excluding hydrogens is 324 g/mol. The molecule has 1 aromatic heterocycles. The minimum atomic E-state index is -0.563. The molecule has 2 unspecified atom stereocenters. The second-order valence-electron chi connectivity index (χ2n) is 6.27. The van der Waals surface area contributed by atoms with Gasteiger partial charge in [-0.05, 0) is 41.8 Å². The number of hydrogen-bond donors (Lipinski definition) is 2. The van der Waals surface area contributed by atoms with Gasteiger partial charge in [-0.3, -0.25) is 4.98 Å². The lowest BCUT2D eigenvalue weighted by molar-refractivity contribution is 0.104. The van der Waals surface area contributed by atoms with E-state index >= 15 is 0 Å². The molecule has 0 saturated carbocycles. The van der Waals surface area contributed by atoms with Crippen LogP contribution in [-0.2, 0) is 0 Å². The molecular formula is C22H24N2O2. The Kier molecular flexibility index (Phi) is 6.36. The lowest BCUT2D eigenvalue weighted by Gasteiger charge is -2.18. The number of benzene rings is 2. The Bertz CT molecular complexity index is 776. The predicted molar refractivity (Wildman–Crippen MR) is 104 cm³/mol. The maximum absolute atomic E-state index is 10.1. The van der Waals surface area contributed by atoms with E-state index in [1.165, 1.54) is 5.56 Å². The van der Waals surface area contributed by atoms with Crippen molar-refractivity contribution in [1.29, 1.82) is 0 Å². The quantitative estimate of drug-likeness (QED) is 0.649. The molecule has 1 heterocycles. The first-order valence-electron chi connectivity index (χ1n) is 8.82. The lowest BCUT2D eigenvalue weighted by Crippen LogP contribution is -2.33. The maximum atomic E-state index is 10.1. The molecule has 0 saturated heterocycles. The van der Waals surface area contributed by atoms with Gasteiger partial charge in [-0.2, -0.15) is 0 Å². The molecule has 0 spiro atoms. The summed E-state index contributed by atoms with van der Waals surface area (Å²) in [6.07, 6.45) is 3.07. The van der Waals surface area contributed by atoms with Gasteiger partial charge in [0.05, 0.1) is 0 Å². The molecule has 2 aromatic carbocycles. The van der Waals surface area contributed by atoms with Gasteiger partial charge in [0.2, 0.25) is 0 Å². The molecule has 4 heteroatoms. The molecule has 134 valence electrons. The highest BCUT2D eigenvalue weighted by Crippen LogP contribution is 2.21. The average Bonchev–Trinajstić information content (AvgIpc) is 2.72. The van der Waals surface area contributed by atoms with Crippen LogP contribution in [0.15, 0.2) is 79.1 Å². The van der Waals surface area contributed by atoms with Crippen molar-refractivity contribution < 1.29 is 9.84 Å². The first-order valence-corrected chi connectivity index (χ1v) is 8.82. The number of nitrogens with zero attached hydrogens (tertiary/aromatic N) is 1.